The molecular weight excluding hydrogens is 233 g/mol. The Balaban J connectivity index is 3.82. The van der Waals surface area contributed by atoms with Crippen LogP contribution in [0, 0.1) is 11.3 Å². The number of ether oxygens (including phenoxy) is 1. The van der Waals surface area contributed by atoms with E-state index in [1.807, 2.05) is 0 Å². The van der Waals surface area contributed by atoms with Gasteiger partial charge in [-0.3, -0.25) is 0 Å². The SMILES string of the molecule is CNC(C)(C#N)CC(C)OCCCC(F)(F)F. The van der Waals surface area contributed by atoms with E-state index in [-0.39, 0.29) is 19.1 Å². The fourth-order valence-corrected chi connectivity index (χ4v) is 1.39. The van der Waals surface area contributed by atoms with Crippen LogP contribution in [0.4, 0.5) is 13.2 Å². The Morgan fingerprint density at radius 1 is 1.41 bits per heavy atom. The van der Waals surface area contributed by atoms with Crippen molar-refractivity contribution in [2.45, 2.75) is 50.9 Å². The summed E-state index contributed by atoms with van der Waals surface area (Å²) in [5.41, 5.74) is -0.705. The Labute approximate surface area is 99.9 Å². The van der Waals surface area contributed by atoms with Gasteiger partial charge < -0.3 is 10.1 Å². The lowest BCUT2D eigenvalue weighted by Crippen LogP contribution is -2.41. The van der Waals surface area contributed by atoms with Crippen LogP contribution in [0.2, 0.25) is 0 Å². The summed E-state index contributed by atoms with van der Waals surface area (Å²) < 4.78 is 40.8. The highest BCUT2D eigenvalue weighted by molar-refractivity contribution is 5.03. The number of nitrogens with zero attached hydrogens (tertiary/aromatic N) is 1. The van der Waals surface area contributed by atoms with Gasteiger partial charge in [0.1, 0.15) is 5.54 Å². The van der Waals surface area contributed by atoms with Gasteiger partial charge in [-0.25, -0.2) is 0 Å². The molecule has 0 radical (unpaired) electrons. The van der Waals surface area contributed by atoms with Gasteiger partial charge in [-0.05, 0) is 27.3 Å². The van der Waals surface area contributed by atoms with E-state index in [1.165, 1.54) is 0 Å². The number of halogens is 3. The Bertz CT molecular complexity index is 262. The van der Waals surface area contributed by atoms with Gasteiger partial charge in [0.25, 0.3) is 0 Å². The molecule has 0 aliphatic carbocycles. The third-order valence-electron chi connectivity index (χ3n) is 2.50. The van der Waals surface area contributed by atoms with E-state index in [9.17, 15) is 13.2 Å². The van der Waals surface area contributed by atoms with E-state index < -0.39 is 18.1 Å². The highest BCUT2D eigenvalue weighted by Gasteiger charge is 2.27. The molecule has 2 unspecified atom stereocenters. The predicted octanol–water partition coefficient (Wildman–Crippen LogP) is 2.63. The molecule has 17 heavy (non-hydrogen) atoms. The number of nitriles is 1. The topological polar surface area (TPSA) is 45.0 Å². The summed E-state index contributed by atoms with van der Waals surface area (Å²) in [4.78, 5) is 0. The maximum atomic E-state index is 11.9. The van der Waals surface area contributed by atoms with Crippen LogP contribution in [-0.4, -0.2) is 31.5 Å². The lowest BCUT2D eigenvalue weighted by Gasteiger charge is -2.24. The molecule has 6 heteroatoms. The summed E-state index contributed by atoms with van der Waals surface area (Å²) >= 11 is 0. The first-order valence-electron chi connectivity index (χ1n) is 5.51. The fraction of sp³-hybridized carbons (Fsp3) is 0.909. The standard InChI is InChI=1S/C11H19F3N2O/c1-9(7-10(2,8-15)16-3)17-6-4-5-11(12,13)14/h9,16H,4-7H2,1-3H3. The summed E-state index contributed by atoms with van der Waals surface area (Å²) in [6, 6.07) is 2.10. The number of hydrogen-bond acceptors (Lipinski definition) is 3. The van der Waals surface area contributed by atoms with Crippen LogP contribution in [0.1, 0.15) is 33.1 Å². The van der Waals surface area contributed by atoms with Crippen LogP contribution in [0.25, 0.3) is 0 Å². The Kier molecular flexibility index (Phi) is 6.50. The minimum absolute atomic E-state index is 0.0450. The molecule has 0 heterocycles. The van der Waals surface area contributed by atoms with Crippen molar-refractivity contribution in [3.63, 3.8) is 0 Å². The zero-order chi connectivity index (χ0) is 13.5. The first-order valence-corrected chi connectivity index (χ1v) is 5.51. The van der Waals surface area contributed by atoms with E-state index in [4.69, 9.17) is 10.00 Å². The van der Waals surface area contributed by atoms with Gasteiger partial charge in [0.05, 0.1) is 12.2 Å². The van der Waals surface area contributed by atoms with E-state index in [0.717, 1.165) is 0 Å². The van der Waals surface area contributed by atoms with E-state index in [2.05, 4.69) is 11.4 Å². The summed E-state index contributed by atoms with van der Waals surface area (Å²) in [5, 5.41) is 11.7. The molecule has 0 bridgehead atoms. The van der Waals surface area contributed by atoms with Crippen molar-refractivity contribution in [2.24, 2.45) is 0 Å². The maximum Gasteiger partial charge on any atom is 0.389 e. The zero-order valence-corrected chi connectivity index (χ0v) is 10.4. The van der Waals surface area contributed by atoms with Gasteiger partial charge in [-0.15, -0.1) is 0 Å². The molecule has 0 aliphatic rings. The van der Waals surface area contributed by atoms with Gasteiger partial charge in [0.2, 0.25) is 0 Å². The van der Waals surface area contributed by atoms with Crippen molar-refractivity contribution in [3.8, 4) is 6.07 Å². The largest absolute Gasteiger partial charge is 0.389 e. The van der Waals surface area contributed by atoms with Crippen LogP contribution in [0.15, 0.2) is 0 Å². The van der Waals surface area contributed by atoms with Crippen molar-refractivity contribution < 1.29 is 17.9 Å². The third-order valence-corrected chi connectivity index (χ3v) is 2.50. The Morgan fingerprint density at radius 2 is 2.00 bits per heavy atom. The molecule has 2 atom stereocenters. The predicted molar refractivity (Wildman–Crippen MR) is 58.4 cm³/mol. The van der Waals surface area contributed by atoms with Crippen LogP contribution in [0.5, 0.6) is 0 Å². The highest BCUT2D eigenvalue weighted by atomic mass is 19.4. The van der Waals surface area contributed by atoms with Gasteiger partial charge in [0, 0.05) is 19.4 Å². The molecule has 0 amide bonds. The molecule has 0 aromatic heterocycles. The Hall–Kier alpha value is -0.800. The van der Waals surface area contributed by atoms with Crippen LogP contribution < -0.4 is 5.32 Å². The van der Waals surface area contributed by atoms with Crippen molar-refractivity contribution in [3.05, 3.63) is 0 Å². The molecular formula is C11H19F3N2O. The average Bonchev–Trinajstić information content (AvgIpc) is 2.23. The molecule has 0 fully saturated rings. The summed E-state index contributed by atoms with van der Waals surface area (Å²) in [6.45, 7) is 3.54. The van der Waals surface area contributed by atoms with Gasteiger partial charge in [-0.2, -0.15) is 18.4 Å². The third kappa shape index (κ3) is 8.00. The second kappa shape index (κ2) is 6.82. The number of rotatable bonds is 7. The lowest BCUT2D eigenvalue weighted by atomic mass is 9.97. The average molecular weight is 252 g/mol. The number of nitrogens with one attached hydrogen (secondary N) is 1. The minimum atomic E-state index is -4.13. The summed E-state index contributed by atoms with van der Waals surface area (Å²) in [7, 11) is 1.67. The zero-order valence-electron chi connectivity index (χ0n) is 10.4. The molecule has 0 saturated carbocycles. The normalized spacial score (nSPS) is 17.2. The molecule has 0 aromatic rings. The highest BCUT2D eigenvalue weighted by Crippen LogP contribution is 2.21. The minimum Gasteiger partial charge on any atom is -0.378 e. The van der Waals surface area contributed by atoms with Crippen molar-refractivity contribution in [2.75, 3.05) is 13.7 Å². The fourth-order valence-electron chi connectivity index (χ4n) is 1.39. The molecule has 100 valence electrons. The Morgan fingerprint density at radius 3 is 2.41 bits per heavy atom. The number of alkyl halides is 3. The molecule has 0 saturated heterocycles. The van der Waals surface area contributed by atoms with Gasteiger partial charge in [-0.1, -0.05) is 0 Å². The number of hydrogen-bond donors (Lipinski definition) is 1. The van der Waals surface area contributed by atoms with Crippen molar-refractivity contribution >= 4 is 0 Å². The van der Waals surface area contributed by atoms with Crippen LogP contribution in [-0.2, 0) is 4.74 Å². The molecule has 0 rings (SSSR count). The smallest absolute Gasteiger partial charge is 0.378 e. The van der Waals surface area contributed by atoms with E-state index in [1.54, 1.807) is 20.9 Å². The second-order valence-corrected chi connectivity index (χ2v) is 4.30. The van der Waals surface area contributed by atoms with E-state index in [0.29, 0.717) is 6.42 Å². The maximum absolute atomic E-state index is 11.9. The molecule has 0 aromatic carbocycles. The van der Waals surface area contributed by atoms with Crippen LogP contribution >= 0.6 is 0 Å². The first-order chi connectivity index (χ1) is 7.72. The summed E-state index contributed by atoms with van der Waals surface area (Å²) in [6.07, 6.45) is -4.82. The second-order valence-electron chi connectivity index (χ2n) is 4.30. The summed E-state index contributed by atoms with van der Waals surface area (Å²) in [5.74, 6) is 0. The molecule has 0 spiro atoms. The van der Waals surface area contributed by atoms with E-state index >= 15 is 0 Å². The van der Waals surface area contributed by atoms with Gasteiger partial charge in [0.15, 0.2) is 0 Å². The first kappa shape index (κ1) is 16.2. The molecule has 1 N–H and O–H groups in total. The van der Waals surface area contributed by atoms with Crippen LogP contribution in [0.3, 0.4) is 0 Å². The quantitative estimate of drug-likeness (QED) is 0.708. The lowest BCUT2D eigenvalue weighted by molar-refractivity contribution is -0.138. The van der Waals surface area contributed by atoms with Crippen molar-refractivity contribution in [1.29, 1.82) is 5.26 Å². The van der Waals surface area contributed by atoms with Crippen molar-refractivity contribution in [1.82, 2.24) is 5.32 Å². The molecule has 0 aliphatic heterocycles. The molecule has 3 nitrogen and oxygen atoms in total. The van der Waals surface area contributed by atoms with Gasteiger partial charge >= 0.3 is 6.18 Å². The monoisotopic (exact) mass is 252 g/mol.